The molecule has 2 aromatic rings. The molecule has 19 heavy (non-hydrogen) atoms. The molecule has 9 nitrogen and oxygen atoms in total. The van der Waals surface area contributed by atoms with Gasteiger partial charge in [0.25, 0.3) is 5.69 Å². The number of aromatic amines is 1. The van der Waals surface area contributed by atoms with Crippen molar-refractivity contribution in [3.8, 4) is 0 Å². The van der Waals surface area contributed by atoms with Crippen LogP contribution in [0.15, 0.2) is 18.2 Å². The van der Waals surface area contributed by atoms with Gasteiger partial charge in [-0.25, -0.2) is 0 Å². The molecule has 2 unspecified atom stereocenters. The van der Waals surface area contributed by atoms with Gasteiger partial charge >= 0.3 is 0 Å². The van der Waals surface area contributed by atoms with Gasteiger partial charge in [0.2, 0.25) is 5.91 Å². The molecule has 1 aromatic heterocycles. The maximum absolute atomic E-state index is 10.8. The smallest absolute Gasteiger partial charge is 0.297 e. The van der Waals surface area contributed by atoms with Gasteiger partial charge < -0.3 is 15.9 Å². The Kier molecular flexibility index (Phi) is 3.15. The number of fused-ring (bicyclic) bond motifs is 1. The second-order valence-electron chi connectivity index (χ2n) is 3.86. The number of carbonyl (C=O) groups excluding carboxylic acids is 1. The zero-order valence-electron chi connectivity index (χ0n) is 9.48. The first-order valence-corrected chi connectivity index (χ1v) is 5.20. The molecule has 9 heteroatoms. The Morgan fingerprint density at radius 1 is 1.47 bits per heavy atom. The zero-order chi connectivity index (χ0) is 14.2. The van der Waals surface area contributed by atoms with Crippen molar-refractivity contribution in [1.29, 1.82) is 0 Å². The van der Waals surface area contributed by atoms with Crippen molar-refractivity contribution in [3.05, 3.63) is 34.0 Å². The van der Waals surface area contributed by atoms with Crippen molar-refractivity contribution >= 4 is 22.5 Å². The molecule has 0 spiro atoms. The summed E-state index contributed by atoms with van der Waals surface area (Å²) in [5, 5.41) is 36.3. The number of non-ortho nitro benzene ring substituents is 1. The molecule has 0 saturated heterocycles. The predicted octanol–water partition coefficient (Wildman–Crippen LogP) is -0.649. The highest BCUT2D eigenvalue weighted by Gasteiger charge is 2.28. The minimum Gasteiger partial charge on any atom is -0.384 e. The highest BCUT2D eigenvalue weighted by Crippen LogP contribution is 2.29. The molecule has 5 N–H and O–H groups in total. The van der Waals surface area contributed by atoms with Gasteiger partial charge in [-0.3, -0.25) is 20.0 Å². The first-order chi connectivity index (χ1) is 8.93. The summed E-state index contributed by atoms with van der Waals surface area (Å²) in [5.41, 5.74) is 4.64. The van der Waals surface area contributed by atoms with Crippen LogP contribution in [0.2, 0.25) is 0 Å². The SMILES string of the molecule is NC(=O)C(O)C(O)c1[nH]nc2c([N+](=O)[O-])cccc12. The number of para-hydroxylation sites is 1. The van der Waals surface area contributed by atoms with Crippen LogP contribution in [0.4, 0.5) is 5.69 Å². The second-order valence-corrected chi connectivity index (χ2v) is 3.86. The van der Waals surface area contributed by atoms with Crippen molar-refractivity contribution in [2.75, 3.05) is 0 Å². The lowest BCUT2D eigenvalue weighted by molar-refractivity contribution is -0.383. The number of carbonyl (C=O) groups is 1. The average Bonchev–Trinajstić information content (AvgIpc) is 2.80. The molecule has 100 valence electrons. The fourth-order valence-corrected chi connectivity index (χ4v) is 1.73. The normalized spacial score (nSPS) is 14.2. The molecule has 0 bridgehead atoms. The summed E-state index contributed by atoms with van der Waals surface area (Å²) in [6.45, 7) is 0. The topological polar surface area (TPSA) is 155 Å². The number of benzene rings is 1. The largest absolute Gasteiger partial charge is 0.384 e. The van der Waals surface area contributed by atoms with Crippen LogP contribution in [0.1, 0.15) is 11.8 Å². The average molecular weight is 266 g/mol. The lowest BCUT2D eigenvalue weighted by Gasteiger charge is -2.13. The molecular weight excluding hydrogens is 256 g/mol. The molecule has 1 amide bonds. The molecule has 0 radical (unpaired) electrons. The highest BCUT2D eigenvalue weighted by atomic mass is 16.6. The summed E-state index contributed by atoms with van der Waals surface area (Å²) in [4.78, 5) is 21.0. The lowest BCUT2D eigenvalue weighted by Crippen LogP contribution is -2.34. The van der Waals surface area contributed by atoms with Crippen LogP contribution in [0.25, 0.3) is 10.9 Å². The maximum atomic E-state index is 10.8. The van der Waals surface area contributed by atoms with Crippen molar-refractivity contribution < 1.29 is 19.9 Å². The number of primary amides is 1. The number of hydrogen-bond acceptors (Lipinski definition) is 6. The molecule has 2 atom stereocenters. The third-order valence-corrected chi connectivity index (χ3v) is 2.68. The maximum Gasteiger partial charge on any atom is 0.297 e. The van der Waals surface area contributed by atoms with Crippen molar-refractivity contribution in [1.82, 2.24) is 10.2 Å². The number of rotatable bonds is 4. The molecule has 0 aliphatic heterocycles. The highest BCUT2D eigenvalue weighted by molar-refractivity contribution is 5.90. The number of H-pyrrole nitrogens is 1. The van der Waals surface area contributed by atoms with Crippen LogP contribution < -0.4 is 5.73 Å². The molecule has 1 aromatic carbocycles. The van der Waals surface area contributed by atoms with Gasteiger partial charge in [-0.15, -0.1) is 0 Å². The Bertz CT molecular complexity index is 652. The summed E-state index contributed by atoms with van der Waals surface area (Å²) in [5.74, 6) is -1.11. The quantitative estimate of drug-likeness (QED) is 0.425. The van der Waals surface area contributed by atoms with E-state index >= 15 is 0 Å². The van der Waals surface area contributed by atoms with E-state index < -0.39 is 23.0 Å². The number of nitro benzene ring substituents is 1. The van der Waals surface area contributed by atoms with Crippen molar-refractivity contribution in [3.63, 3.8) is 0 Å². The van der Waals surface area contributed by atoms with Gasteiger partial charge in [-0.1, -0.05) is 12.1 Å². The number of nitro groups is 1. The molecule has 2 rings (SSSR count). The summed E-state index contributed by atoms with van der Waals surface area (Å²) < 4.78 is 0. The van der Waals surface area contributed by atoms with E-state index in [2.05, 4.69) is 10.2 Å². The van der Waals surface area contributed by atoms with E-state index in [4.69, 9.17) is 5.73 Å². The van der Waals surface area contributed by atoms with E-state index in [-0.39, 0.29) is 22.3 Å². The first kappa shape index (κ1) is 12.9. The summed E-state index contributed by atoms with van der Waals surface area (Å²) in [6.07, 6.45) is -3.47. The first-order valence-electron chi connectivity index (χ1n) is 5.20. The van der Waals surface area contributed by atoms with Crippen LogP contribution in [-0.2, 0) is 4.79 Å². The lowest BCUT2D eigenvalue weighted by atomic mass is 10.1. The number of amides is 1. The molecule has 0 saturated carbocycles. The Morgan fingerprint density at radius 2 is 2.16 bits per heavy atom. The Balaban J connectivity index is 2.55. The van der Waals surface area contributed by atoms with E-state index in [1.54, 1.807) is 0 Å². The number of aromatic nitrogens is 2. The van der Waals surface area contributed by atoms with Crippen LogP contribution >= 0.6 is 0 Å². The number of hydrogen-bond donors (Lipinski definition) is 4. The molecule has 0 aliphatic carbocycles. The second kappa shape index (κ2) is 4.63. The molecule has 0 aliphatic rings. The molecule has 1 heterocycles. The fraction of sp³-hybridized carbons (Fsp3) is 0.200. The summed E-state index contributed by atoms with van der Waals surface area (Å²) in [6, 6.07) is 4.13. The number of nitrogens with zero attached hydrogens (tertiary/aromatic N) is 2. The minimum atomic E-state index is -1.83. The third-order valence-electron chi connectivity index (χ3n) is 2.68. The van der Waals surface area contributed by atoms with E-state index in [1.807, 2.05) is 0 Å². The van der Waals surface area contributed by atoms with Gasteiger partial charge in [-0.05, 0) is 0 Å². The Hall–Kier alpha value is -2.52. The van der Waals surface area contributed by atoms with Crippen LogP contribution in [-0.4, -0.2) is 37.3 Å². The third kappa shape index (κ3) is 2.11. The number of nitrogens with two attached hydrogens (primary N) is 1. The fourth-order valence-electron chi connectivity index (χ4n) is 1.73. The predicted molar refractivity (Wildman–Crippen MR) is 62.9 cm³/mol. The van der Waals surface area contributed by atoms with Crippen molar-refractivity contribution in [2.24, 2.45) is 5.73 Å². The van der Waals surface area contributed by atoms with Gasteiger partial charge in [0.1, 0.15) is 6.10 Å². The van der Waals surface area contributed by atoms with Gasteiger partial charge in [0.15, 0.2) is 11.6 Å². The van der Waals surface area contributed by atoms with E-state index in [0.717, 1.165) is 0 Å². The minimum absolute atomic E-state index is 0.00926. The Labute approximate surface area is 105 Å². The monoisotopic (exact) mass is 266 g/mol. The van der Waals surface area contributed by atoms with Crippen LogP contribution in [0.3, 0.4) is 0 Å². The van der Waals surface area contributed by atoms with E-state index in [1.165, 1.54) is 18.2 Å². The number of nitrogens with one attached hydrogen (secondary N) is 1. The molecular formula is C10H10N4O5. The summed E-state index contributed by atoms with van der Waals surface area (Å²) >= 11 is 0. The van der Waals surface area contributed by atoms with Crippen LogP contribution in [0, 0.1) is 10.1 Å². The van der Waals surface area contributed by atoms with Gasteiger partial charge in [0.05, 0.1) is 10.6 Å². The van der Waals surface area contributed by atoms with E-state index in [9.17, 15) is 25.1 Å². The zero-order valence-corrected chi connectivity index (χ0v) is 9.48. The van der Waals surface area contributed by atoms with Gasteiger partial charge in [-0.2, -0.15) is 5.10 Å². The van der Waals surface area contributed by atoms with Crippen LogP contribution in [0.5, 0.6) is 0 Å². The summed E-state index contributed by atoms with van der Waals surface area (Å²) in [7, 11) is 0. The number of aliphatic hydroxyl groups excluding tert-OH is 2. The standard InChI is InChI=1S/C10H10N4O5/c11-10(17)9(16)8(15)7-4-2-1-3-5(14(18)19)6(4)12-13-7/h1-3,8-9,15-16H,(H2,11,17)(H,12,13). The molecule has 0 fully saturated rings. The van der Waals surface area contributed by atoms with E-state index in [0.29, 0.717) is 0 Å². The van der Waals surface area contributed by atoms with Crippen molar-refractivity contribution in [2.45, 2.75) is 12.2 Å². The Morgan fingerprint density at radius 3 is 2.74 bits per heavy atom. The van der Waals surface area contributed by atoms with Gasteiger partial charge in [0, 0.05) is 11.5 Å². The number of aliphatic hydroxyl groups is 2.